The summed E-state index contributed by atoms with van der Waals surface area (Å²) in [7, 11) is 1.66. The zero-order chi connectivity index (χ0) is 21.6. The zero-order valence-corrected chi connectivity index (χ0v) is 19.0. The molecular weight excluding hydrogens is 432 g/mol. The highest BCUT2D eigenvalue weighted by Gasteiger charge is 2.22. The van der Waals surface area contributed by atoms with E-state index in [-0.39, 0.29) is 17.7 Å². The summed E-state index contributed by atoms with van der Waals surface area (Å²) >= 11 is 7.40. The number of fused-ring (bicyclic) bond motifs is 1. The molecule has 1 N–H and O–H groups in total. The Morgan fingerprint density at radius 1 is 1.23 bits per heavy atom. The average molecular weight is 457 g/mol. The molecule has 0 saturated carbocycles. The Morgan fingerprint density at radius 3 is 2.84 bits per heavy atom. The highest BCUT2D eigenvalue weighted by atomic mass is 35.5. The number of carbonyl (C=O) groups is 1. The predicted molar refractivity (Wildman–Crippen MR) is 123 cm³/mol. The highest BCUT2D eigenvalue weighted by molar-refractivity contribution is 7.99. The van der Waals surface area contributed by atoms with Crippen molar-refractivity contribution in [1.29, 1.82) is 0 Å². The van der Waals surface area contributed by atoms with Crippen molar-refractivity contribution in [2.75, 3.05) is 19.5 Å². The number of aryl methyl sites for hydroxylation is 1. The van der Waals surface area contributed by atoms with Gasteiger partial charge in [-0.3, -0.25) is 9.36 Å². The number of rotatable bonds is 8. The molecule has 1 aliphatic rings. The van der Waals surface area contributed by atoms with Gasteiger partial charge >= 0.3 is 0 Å². The molecule has 1 aliphatic carbocycles. The fraction of sp³-hybridized carbons (Fsp3) is 0.348. The van der Waals surface area contributed by atoms with E-state index in [0.717, 1.165) is 30.7 Å². The lowest BCUT2D eigenvalue weighted by Crippen LogP contribution is -2.32. The Balaban J connectivity index is 1.44. The van der Waals surface area contributed by atoms with Crippen LogP contribution in [0.25, 0.3) is 11.4 Å². The van der Waals surface area contributed by atoms with Crippen LogP contribution in [0.15, 0.2) is 53.7 Å². The Morgan fingerprint density at radius 2 is 2.03 bits per heavy atom. The number of hydrogen-bond donors (Lipinski definition) is 1. The minimum Gasteiger partial charge on any atom is -0.383 e. The van der Waals surface area contributed by atoms with E-state index in [4.69, 9.17) is 16.3 Å². The van der Waals surface area contributed by atoms with Crippen LogP contribution in [0.5, 0.6) is 0 Å². The van der Waals surface area contributed by atoms with Crippen LogP contribution in [0.1, 0.15) is 30.0 Å². The molecule has 162 valence electrons. The molecule has 31 heavy (non-hydrogen) atoms. The monoisotopic (exact) mass is 456 g/mol. The SMILES string of the molecule is COCCn1c(SCC(=O)NC2CCCc3ccccc32)nnc1-c1ccc(Cl)cc1. The summed E-state index contributed by atoms with van der Waals surface area (Å²) in [5, 5.41) is 13.2. The minimum atomic E-state index is 0.000961. The van der Waals surface area contributed by atoms with E-state index >= 15 is 0 Å². The van der Waals surface area contributed by atoms with Crippen molar-refractivity contribution >= 4 is 29.3 Å². The Hall–Kier alpha value is -2.35. The van der Waals surface area contributed by atoms with Crippen molar-refractivity contribution in [3.63, 3.8) is 0 Å². The molecule has 4 rings (SSSR count). The quantitative estimate of drug-likeness (QED) is 0.504. The molecule has 2 aromatic carbocycles. The molecular formula is C23H25ClN4O2S. The molecule has 0 aliphatic heterocycles. The van der Waals surface area contributed by atoms with Crippen LogP contribution in [0, 0.1) is 0 Å². The minimum absolute atomic E-state index is 0.000961. The van der Waals surface area contributed by atoms with E-state index in [2.05, 4.69) is 33.7 Å². The topological polar surface area (TPSA) is 69.0 Å². The Bertz CT molecular complexity index is 1040. The summed E-state index contributed by atoms with van der Waals surface area (Å²) in [6, 6.07) is 15.9. The van der Waals surface area contributed by atoms with Gasteiger partial charge in [0.1, 0.15) is 0 Å². The van der Waals surface area contributed by atoms with E-state index in [1.807, 2.05) is 34.9 Å². The molecule has 1 aromatic heterocycles. The summed E-state index contributed by atoms with van der Waals surface area (Å²) in [5.41, 5.74) is 3.49. The molecule has 8 heteroatoms. The molecule has 6 nitrogen and oxygen atoms in total. The second-order valence-corrected chi connectivity index (χ2v) is 8.84. The third kappa shape index (κ3) is 5.29. The Labute approximate surface area is 191 Å². The lowest BCUT2D eigenvalue weighted by atomic mass is 9.88. The van der Waals surface area contributed by atoms with Gasteiger partial charge in [0.15, 0.2) is 11.0 Å². The van der Waals surface area contributed by atoms with Gasteiger partial charge in [-0.2, -0.15) is 0 Å². The van der Waals surface area contributed by atoms with Gasteiger partial charge in [-0.1, -0.05) is 47.6 Å². The second kappa shape index (κ2) is 10.3. The molecule has 1 amide bonds. The summed E-state index contributed by atoms with van der Waals surface area (Å²) in [6.45, 7) is 1.12. The predicted octanol–water partition coefficient (Wildman–Crippen LogP) is 4.53. The van der Waals surface area contributed by atoms with E-state index < -0.39 is 0 Å². The molecule has 3 aromatic rings. The fourth-order valence-corrected chi connectivity index (χ4v) is 4.76. The number of carbonyl (C=O) groups excluding carboxylic acids is 1. The van der Waals surface area contributed by atoms with Crippen molar-refractivity contribution in [2.24, 2.45) is 0 Å². The van der Waals surface area contributed by atoms with E-state index in [0.29, 0.717) is 23.3 Å². The molecule has 1 atom stereocenters. The van der Waals surface area contributed by atoms with Gasteiger partial charge in [-0.25, -0.2) is 0 Å². The smallest absolute Gasteiger partial charge is 0.230 e. The number of hydrogen-bond acceptors (Lipinski definition) is 5. The van der Waals surface area contributed by atoms with Crippen molar-refractivity contribution in [3.8, 4) is 11.4 Å². The number of methoxy groups -OCH3 is 1. The third-order valence-electron chi connectivity index (χ3n) is 5.38. The standard InChI is InChI=1S/C23H25ClN4O2S/c1-30-14-13-28-22(17-9-11-18(24)12-10-17)26-27-23(28)31-15-21(29)25-20-8-4-6-16-5-2-3-7-19(16)20/h2-3,5,7,9-12,20H,4,6,8,13-15H2,1H3,(H,25,29). The van der Waals surface area contributed by atoms with Crippen LogP contribution in [0.4, 0.5) is 0 Å². The van der Waals surface area contributed by atoms with E-state index in [9.17, 15) is 4.79 Å². The van der Waals surface area contributed by atoms with Crippen molar-refractivity contribution in [2.45, 2.75) is 37.0 Å². The van der Waals surface area contributed by atoms with Crippen molar-refractivity contribution in [3.05, 3.63) is 64.7 Å². The maximum Gasteiger partial charge on any atom is 0.230 e. The van der Waals surface area contributed by atoms with Gasteiger partial charge in [0, 0.05) is 17.7 Å². The summed E-state index contributed by atoms with van der Waals surface area (Å²) in [5.74, 6) is 1.02. The highest BCUT2D eigenvalue weighted by Crippen LogP contribution is 2.30. The number of thioether (sulfide) groups is 1. The van der Waals surface area contributed by atoms with Crippen LogP contribution in [-0.4, -0.2) is 40.1 Å². The molecule has 0 bridgehead atoms. The normalized spacial score (nSPS) is 15.5. The van der Waals surface area contributed by atoms with E-state index in [1.54, 1.807) is 7.11 Å². The molecule has 0 fully saturated rings. The van der Waals surface area contributed by atoms with Crippen LogP contribution < -0.4 is 5.32 Å². The van der Waals surface area contributed by atoms with Crippen molar-refractivity contribution in [1.82, 2.24) is 20.1 Å². The zero-order valence-electron chi connectivity index (χ0n) is 17.4. The van der Waals surface area contributed by atoms with Crippen LogP contribution in [-0.2, 0) is 22.5 Å². The first kappa shape index (κ1) is 21.9. The maximum absolute atomic E-state index is 12.7. The first-order valence-electron chi connectivity index (χ1n) is 10.3. The van der Waals surface area contributed by atoms with Crippen LogP contribution in [0.2, 0.25) is 5.02 Å². The van der Waals surface area contributed by atoms with Gasteiger partial charge in [-0.05, 0) is 54.7 Å². The maximum atomic E-state index is 12.7. The number of aromatic nitrogens is 3. The number of nitrogens with zero attached hydrogens (tertiary/aromatic N) is 3. The molecule has 1 unspecified atom stereocenters. The largest absolute Gasteiger partial charge is 0.383 e. The first-order valence-corrected chi connectivity index (χ1v) is 11.7. The average Bonchev–Trinajstić information content (AvgIpc) is 3.19. The number of ether oxygens (including phenoxy) is 1. The lowest BCUT2D eigenvalue weighted by molar-refractivity contribution is -0.119. The lowest BCUT2D eigenvalue weighted by Gasteiger charge is -2.26. The van der Waals surface area contributed by atoms with Crippen LogP contribution >= 0.6 is 23.4 Å². The number of amides is 1. The number of benzene rings is 2. The second-order valence-electron chi connectivity index (χ2n) is 7.46. The summed E-state index contributed by atoms with van der Waals surface area (Å²) < 4.78 is 7.24. The van der Waals surface area contributed by atoms with Gasteiger partial charge in [0.25, 0.3) is 0 Å². The van der Waals surface area contributed by atoms with Gasteiger partial charge in [0.05, 0.1) is 24.9 Å². The molecule has 0 radical (unpaired) electrons. The van der Waals surface area contributed by atoms with Gasteiger partial charge in [0.2, 0.25) is 5.91 Å². The van der Waals surface area contributed by atoms with E-state index in [1.165, 1.54) is 22.9 Å². The molecule has 1 heterocycles. The van der Waals surface area contributed by atoms with Crippen molar-refractivity contribution < 1.29 is 9.53 Å². The fourth-order valence-electron chi connectivity index (χ4n) is 3.86. The summed E-state index contributed by atoms with van der Waals surface area (Å²) in [6.07, 6.45) is 3.14. The van der Waals surface area contributed by atoms with Gasteiger partial charge in [-0.15, -0.1) is 10.2 Å². The third-order valence-corrected chi connectivity index (χ3v) is 6.59. The molecule has 0 spiro atoms. The number of halogens is 1. The first-order chi connectivity index (χ1) is 15.2. The molecule has 0 saturated heterocycles. The number of nitrogens with one attached hydrogen (secondary N) is 1. The summed E-state index contributed by atoms with van der Waals surface area (Å²) in [4.78, 5) is 12.7. The Kier molecular flexibility index (Phi) is 7.27. The van der Waals surface area contributed by atoms with Gasteiger partial charge < -0.3 is 10.1 Å². The van der Waals surface area contributed by atoms with Crippen LogP contribution in [0.3, 0.4) is 0 Å².